The first-order chi connectivity index (χ1) is 9.02. The van der Waals surface area contributed by atoms with Crippen molar-refractivity contribution in [1.29, 1.82) is 0 Å². The van der Waals surface area contributed by atoms with Gasteiger partial charge in [0.05, 0.1) is 11.8 Å². The van der Waals surface area contributed by atoms with E-state index in [0.717, 1.165) is 0 Å². The number of anilines is 1. The molecule has 1 aromatic rings. The average molecular weight is 262 g/mol. The summed E-state index contributed by atoms with van der Waals surface area (Å²) in [5.41, 5.74) is 1.05. The van der Waals surface area contributed by atoms with Crippen LogP contribution in [0.3, 0.4) is 0 Å². The van der Waals surface area contributed by atoms with E-state index in [1.807, 2.05) is 0 Å². The number of benzene rings is 1. The number of aliphatic carboxylic acids is 1. The highest BCUT2D eigenvalue weighted by Gasteiger charge is 2.48. The molecule has 19 heavy (non-hydrogen) atoms. The molecule has 0 heterocycles. The lowest BCUT2D eigenvalue weighted by Crippen LogP contribution is -2.18. The van der Waals surface area contributed by atoms with Gasteiger partial charge in [0, 0.05) is 18.3 Å². The lowest BCUT2D eigenvalue weighted by molar-refractivity contribution is -0.139. The van der Waals surface area contributed by atoms with E-state index in [1.54, 1.807) is 24.3 Å². The van der Waals surface area contributed by atoms with Gasteiger partial charge in [0.2, 0.25) is 5.91 Å². The summed E-state index contributed by atoms with van der Waals surface area (Å²) < 4.78 is 0. The summed E-state index contributed by atoms with van der Waals surface area (Å²) in [5, 5.41) is 13.9. The van der Waals surface area contributed by atoms with Gasteiger partial charge in [0.15, 0.2) is 0 Å². The molecule has 1 saturated carbocycles. The second kappa shape index (κ2) is 5.09. The summed E-state index contributed by atoms with van der Waals surface area (Å²) in [5.74, 6) is -2.44. The van der Waals surface area contributed by atoms with Crippen molar-refractivity contribution < 1.29 is 19.5 Å². The second-order valence-corrected chi connectivity index (χ2v) is 4.43. The maximum atomic E-state index is 11.7. The van der Waals surface area contributed by atoms with Crippen LogP contribution in [0.1, 0.15) is 16.8 Å². The monoisotopic (exact) mass is 262 g/mol. The minimum Gasteiger partial charge on any atom is -0.481 e. The summed E-state index contributed by atoms with van der Waals surface area (Å²) in [6, 6.07) is 6.41. The van der Waals surface area contributed by atoms with E-state index in [2.05, 4.69) is 10.6 Å². The summed E-state index contributed by atoms with van der Waals surface area (Å²) in [6.07, 6.45) is 0.386. The highest BCUT2D eigenvalue weighted by molar-refractivity contribution is 5.99. The van der Waals surface area contributed by atoms with Crippen LogP contribution in [0, 0.1) is 11.8 Å². The van der Waals surface area contributed by atoms with Crippen LogP contribution in [-0.2, 0) is 9.59 Å². The Morgan fingerprint density at radius 1 is 1.16 bits per heavy atom. The number of hydrogen-bond donors (Lipinski definition) is 3. The number of carboxylic acids is 1. The Kier molecular flexibility index (Phi) is 3.50. The fourth-order valence-corrected chi connectivity index (χ4v) is 1.84. The minimum absolute atomic E-state index is 0.203. The maximum absolute atomic E-state index is 11.7. The zero-order valence-corrected chi connectivity index (χ0v) is 10.3. The van der Waals surface area contributed by atoms with E-state index in [-0.39, 0.29) is 11.8 Å². The highest BCUT2D eigenvalue weighted by atomic mass is 16.4. The Hall–Kier alpha value is -2.37. The summed E-state index contributed by atoms with van der Waals surface area (Å²) in [7, 11) is 1.54. The Morgan fingerprint density at radius 3 is 2.26 bits per heavy atom. The molecule has 0 aliphatic heterocycles. The molecule has 0 spiro atoms. The Balaban J connectivity index is 1.95. The Morgan fingerprint density at radius 2 is 1.79 bits per heavy atom. The van der Waals surface area contributed by atoms with Crippen molar-refractivity contribution in [2.75, 3.05) is 12.4 Å². The van der Waals surface area contributed by atoms with Crippen LogP contribution in [-0.4, -0.2) is 29.9 Å². The molecule has 2 amide bonds. The van der Waals surface area contributed by atoms with Gasteiger partial charge >= 0.3 is 5.97 Å². The van der Waals surface area contributed by atoms with Gasteiger partial charge in [0.1, 0.15) is 0 Å². The molecule has 0 bridgehead atoms. The molecule has 6 heteroatoms. The molecule has 6 nitrogen and oxygen atoms in total. The maximum Gasteiger partial charge on any atom is 0.307 e. The molecule has 2 rings (SSSR count). The first kappa shape index (κ1) is 13.1. The van der Waals surface area contributed by atoms with Gasteiger partial charge in [-0.3, -0.25) is 14.4 Å². The van der Waals surface area contributed by atoms with Crippen LogP contribution < -0.4 is 10.6 Å². The topological polar surface area (TPSA) is 95.5 Å². The van der Waals surface area contributed by atoms with E-state index in [0.29, 0.717) is 17.7 Å². The highest BCUT2D eigenvalue weighted by Crippen LogP contribution is 2.39. The number of carboxylic acid groups (broad SMARTS) is 1. The number of hydrogen-bond acceptors (Lipinski definition) is 3. The SMILES string of the molecule is CNC(=O)c1ccc(NC(=O)[C@@H]2C[C@@H]2C(=O)O)cc1. The third-order valence-electron chi connectivity index (χ3n) is 3.09. The molecule has 1 aromatic carbocycles. The normalized spacial score (nSPS) is 20.5. The molecule has 100 valence electrons. The van der Waals surface area contributed by atoms with Crippen molar-refractivity contribution in [2.45, 2.75) is 6.42 Å². The Labute approximate surface area is 109 Å². The predicted octanol–water partition coefficient (Wildman–Crippen LogP) is 0.705. The molecular weight excluding hydrogens is 248 g/mol. The minimum atomic E-state index is -0.935. The fourth-order valence-electron chi connectivity index (χ4n) is 1.84. The van der Waals surface area contributed by atoms with Gasteiger partial charge < -0.3 is 15.7 Å². The fraction of sp³-hybridized carbons (Fsp3) is 0.308. The number of carbonyl (C=O) groups is 3. The molecule has 2 atom stereocenters. The largest absolute Gasteiger partial charge is 0.481 e. The molecule has 0 aromatic heterocycles. The van der Waals surface area contributed by atoms with Gasteiger partial charge in [-0.2, -0.15) is 0 Å². The van der Waals surface area contributed by atoms with Crippen LogP contribution in [0.15, 0.2) is 24.3 Å². The van der Waals surface area contributed by atoms with Crippen LogP contribution in [0.2, 0.25) is 0 Å². The van der Waals surface area contributed by atoms with Crippen molar-refractivity contribution in [3.05, 3.63) is 29.8 Å². The zero-order chi connectivity index (χ0) is 14.0. The number of carbonyl (C=O) groups excluding carboxylic acids is 2. The molecule has 3 N–H and O–H groups in total. The van der Waals surface area contributed by atoms with Crippen molar-refractivity contribution in [2.24, 2.45) is 11.8 Å². The average Bonchev–Trinajstić information content (AvgIpc) is 3.19. The molecule has 1 aliphatic rings. The summed E-state index contributed by atoms with van der Waals surface area (Å²) in [4.78, 5) is 33.7. The third kappa shape index (κ3) is 2.90. The van der Waals surface area contributed by atoms with Crippen LogP contribution in [0.4, 0.5) is 5.69 Å². The number of amides is 2. The molecule has 0 unspecified atom stereocenters. The standard InChI is InChI=1S/C13H14N2O4/c1-14-11(16)7-2-4-8(5-3-7)15-12(17)9-6-10(9)13(18)19/h2-5,9-10H,6H2,1H3,(H,14,16)(H,15,17)(H,18,19)/t9-,10+/m1/s1. The van der Waals surface area contributed by atoms with Gasteiger partial charge in [-0.25, -0.2) is 0 Å². The summed E-state index contributed by atoms with van der Waals surface area (Å²) in [6.45, 7) is 0. The first-order valence-electron chi connectivity index (χ1n) is 5.88. The van der Waals surface area contributed by atoms with Crippen molar-refractivity contribution >= 4 is 23.5 Å². The zero-order valence-electron chi connectivity index (χ0n) is 10.3. The first-order valence-corrected chi connectivity index (χ1v) is 5.88. The number of nitrogens with one attached hydrogen (secondary N) is 2. The van der Waals surface area contributed by atoms with E-state index in [9.17, 15) is 14.4 Å². The lowest BCUT2D eigenvalue weighted by atomic mass is 10.2. The molecule has 0 radical (unpaired) electrons. The van der Waals surface area contributed by atoms with E-state index >= 15 is 0 Å². The molecule has 1 aliphatic carbocycles. The second-order valence-electron chi connectivity index (χ2n) is 4.43. The molecule has 0 saturated heterocycles. The summed E-state index contributed by atoms with van der Waals surface area (Å²) >= 11 is 0. The quantitative estimate of drug-likeness (QED) is 0.744. The predicted molar refractivity (Wildman–Crippen MR) is 67.7 cm³/mol. The van der Waals surface area contributed by atoms with Crippen molar-refractivity contribution in [3.8, 4) is 0 Å². The molecular formula is C13H14N2O4. The van der Waals surface area contributed by atoms with Crippen LogP contribution in [0.5, 0.6) is 0 Å². The van der Waals surface area contributed by atoms with Gasteiger partial charge in [0.25, 0.3) is 5.91 Å². The van der Waals surface area contributed by atoms with E-state index in [1.165, 1.54) is 7.05 Å². The smallest absolute Gasteiger partial charge is 0.307 e. The van der Waals surface area contributed by atoms with E-state index < -0.39 is 17.8 Å². The van der Waals surface area contributed by atoms with Crippen molar-refractivity contribution in [1.82, 2.24) is 5.32 Å². The van der Waals surface area contributed by atoms with E-state index in [4.69, 9.17) is 5.11 Å². The molecule has 1 fully saturated rings. The lowest BCUT2D eigenvalue weighted by Gasteiger charge is -2.05. The van der Waals surface area contributed by atoms with Gasteiger partial charge in [-0.1, -0.05) is 0 Å². The van der Waals surface area contributed by atoms with Crippen LogP contribution in [0.25, 0.3) is 0 Å². The van der Waals surface area contributed by atoms with Crippen molar-refractivity contribution in [3.63, 3.8) is 0 Å². The third-order valence-corrected chi connectivity index (χ3v) is 3.09. The van der Waals surface area contributed by atoms with Crippen LogP contribution >= 0.6 is 0 Å². The number of rotatable bonds is 4. The van der Waals surface area contributed by atoms with Gasteiger partial charge in [-0.15, -0.1) is 0 Å². The Bertz CT molecular complexity index is 524. The van der Waals surface area contributed by atoms with Gasteiger partial charge in [-0.05, 0) is 30.7 Å².